The van der Waals surface area contributed by atoms with Crippen LogP contribution >= 0.6 is 0 Å². The number of benzene rings is 2. The van der Waals surface area contributed by atoms with Crippen LogP contribution in [0.1, 0.15) is 25.1 Å². The third-order valence-electron chi connectivity index (χ3n) is 4.60. The molecule has 0 fully saturated rings. The third kappa shape index (κ3) is 3.07. The van der Waals surface area contributed by atoms with E-state index in [1.807, 2.05) is 75.4 Å². The molecule has 0 spiro atoms. The molecule has 0 aliphatic heterocycles. The van der Waals surface area contributed by atoms with Gasteiger partial charge in [0.1, 0.15) is 5.75 Å². The molecule has 128 valence electrons. The number of nitrogens with zero attached hydrogens (tertiary/aromatic N) is 2. The minimum atomic E-state index is -0.560. The zero-order valence-corrected chi connectivity index (χ0v) is 15.0. The molecule has 0 atom stereocenters. The summed E-state index contributed by atoms with van der Waals surface area (Å²) >= 11 is 0. The molecule has 4 heteroatoms. The van der Waals surface area contributed by atoms with Gasteiger partial charge in [0.25, 0.3) is 5.56 Å². The van der Waals surface area contributed by atoms with Crippen LogP contribution in [-0.2, 0) is 5.54 Å². The molecular weight excluding hydrogens is 312 g/mol. The van der Waals surface area contributed by atoms with Crippen LogP contribution in [0.15, 0.2) is 65.7 Å². The molecule has 0 saturated heterocycles. The summed E-state index contributed by atoms with van der Waals surface area (Å²) in [4.78, 5) is 17.7. The largest absolute Gasteiger partial charge is 0.497 e. The second kappa shape index (κ2) is 6.55. The maximum Gasteiger partial charge on any atom is 0.262 e. The predicted molar refractivity (Wildman–Crippen MR) is 100 cm³/mol. The molecule has 1 heterocycles. The van der Waals surface area contributed by atoms with Crippen molar-refractivity contribution in [2.75, 3.05) is 7.11 Å². The first kappa shape index (κ1) is 17.0. The van der Waals surface area contributed by atoms with E-state index in [0.717, 1.165) is 22.6 Å². The van der Waals surface area contributed by atoms with E-state index >= 15 is 0 Å². The highest BCUT2D eigenvalue weighted by Gasteiger charge is 2.26. The Morgan fingerprint density at radius 2 is 1.76 bits per heavy atom. The predicted octanol–water partition coefficient (Wildman–Crippen LogP) is 4.01. The SMILES string of the molecule is COc1cccc(C(C)(C)n2cnc(C)c(-c3ccccc3)c2=O)c1. The molecular formula is C21H22N2O2. The van der Waals surface area contributed by atoms with Gasteiger partial charge >= 0.3 is 0 Å². The number of aryl methyl sites for hydroxylation is 1. The molecule has 0 saturated carbocycles. The van der Waals surface area contributed by atoms with Crippen LogP contribution in [0.25, 0.3) is 11.1 Å². The minimum Gasteiger partial charge on any atom is -0.497 e. The molecule has 3 aromatic rings. The van der Waals surface area contributed by atoms with Crippen LogP contribution in [0.2, 0.25) is 0 Å². The van der Waals surface area contributed by atoms with E-state index < -0.39 is 5.54 Å². The van der Waals surface area contributed by atoms with Crippen LogP contribution < -0.4 is 10.3 Å². The standard InChI is InChI=1S/C21H22N2O2/c1-15-19(16-9-6-5-7-10-16)20(24)23(14-22-15)21(2,3)17-11-8-12-18(13-17)25-4/h5-14H,1-4H3. The third-order valence-corrected chi connectivity index (χ3v) is 4.60. The number of hydrogen-bond acceptors (Lipinski definition) is 3. The van der Waals surface area contributed by atoms with Gasteiger partial charge in [0.2, 0.25) is 0 Å². The van der Waals surface area contributed by atoms with Gasteiger partial charge in [-0.1, -0.05) is 42.5 Å². The Bertz CT molecular complexity index is 944. The zero-order valence-electron chi connectivity index (χ0n) is 15.0. The van der Waals surface area contributed by atoms with Crippen LogP contribution in [0.5, 0.6) is 5.75 Å². The minimum absolute atomic E-state index is 0.0495. The number of hydrogen-bond donors (Lipinski definition) is 0. The molecule has 3 rings (SSSR count). The zero-order chi connectivity index (χ0) is 18.0. The molecule has 0 aliphatic carbocycles. The van der Waals surface area contributed by atoms with Gasteiger partial charge in [0, 0.05) is 0 Å². The number of ether oxygens (including phenoxy) is 1. The van der Waals surface area contributed by atoms with Crippen molar-refractivity contribution in [3.8, 4) is 16.9 Å². The van der Waals surface area contributed by atoms with Gasteiger partial charge in [0.15, 0.2) is 0 Å². The Kier molecular flexibility index (Phi) is 4.45. The van der Waals surface area contributed by atoms with Crippen molar-refractivity contribution in [1.29, 1.82) is 0 Å². The smallest absolute Gasteiger partial charge is 0.262 e. The Morgan fingerprint density at radius 1 is 1.04 bits per heavy atom. The van der Waals surface area contributed by atoms with Crippen LogP contribution in [0, 0.1) is 6.92 Å². The van der Waals surface area contributed by atoms with Crippen molar-refractivity contribution in [2.24, 2.45) is 0 Å². The topological polar surface area (TPSA) is 44.1 Å². The highest BCUT2D eigenvalue weighted by molar-refractivity contribution is 5.64. The fraction of sp³-hybridized carbons (Fsp3) is 0.238. The monoisotopic (exact) mass is 334 g/mol. The molecule has 0 bridgehead atoms. The van der Waals surface area contributed by atoms with Crippen LogP contribution in [-0.4, -0.2) is 16.7 Å². The van der Waals surface area contributed by atoms with Gasteiger partial charge in [-0.25, -0.2) is 4.98 Å². The quantitative estimate of drug-likeness (QED) is 0.724. The van der Waals surface area contributed by atoms with E-state index in [0.29, 0.717) is 5.56 Å². The molecule has 4 nitrogen and oxygen atoms in total. The maximum atomic E-state index is 13.3. The summed E-state index contributed by atoms with van der Waals surface area (Å²) in [5, 5.41) is 0. The van der Waals surface area contributed by atoms with Crippen LogP contribution in [0.3, 0.4) is 0 Å². The summed E-state index contributed by atoms with van der Waals surface area (Å²) in [7, 11) is 1.64. The van der Waals surface area contributed by atoms with Crippen molar-refractivity contribution in [1.82, 2.24) is 9.55 Å². The van der Waals surface area contributed by atoms with E-state index in [1.165, 1.54) is 0 Å². The first-order valence-corrected chi connectivity index (χ1v) is 8.24. The second-order valence-electron chi connectivity index (χ2n) is 6.54. The van der Waals surface area contributed by atoms with E-state index in [1.54, 1.807) is 18.0 Å². The van der Waals surface area contributed by atoms with Crippen molar-refractivity contribution >= 4 is 0 Å². The van der Waals surface area contributed by atoms with Gasteiger partial charge in [0.05, 0.1) is 30.2 Å². The summed E-state index contributed by atoms with van der Waals surface area (Å²) in [6.45, 7) is 5.89. The molecule has 0 amide bonds. The average Bonchev–Trinajstić information content (AvgIpc) is 2.62. The summed E-state index contributed by atoms with van der Waals surface area (Å²) in [5.74, 6) is 0.766. The number of aromatic nitrogens is 2. The van der Waals surface area contributed by atoms with E-state index in [9.17, 15) is 4.79 Å². The van der Waals surface area contributed by atoms with Crippen molar-refractivity contribution in [3.63, 3.8) is 0 Å². The fourth-order valence-electron chi connectivity index (χ4n) is 3.01. The van der Waals surface area contributed by atoms with Gasteiger partial charge in [-0.15, -0.1) is 0 Å². The molecule has 0 aliphatic rings. The van der Waals surface area contributed by atoms with Gasteiger partial charge in [-0.3, -0.25) is 9.36 Å². The highest BCUT2D eigenvalue weighted by atomic mass is 16.5. The highest BCUT2D eigenvalue weighted by Crippen LogP contribution is 2.28. The summed E-state index contributed by atoms with van der Waals surface area (Å²) in [6.07, 6.45) is 1.63. The first-order valence-electron chi connectivity index (χ1n) is 8.24. The van der Waals surface area contributed by atoms with Crippen molar-refractivity contribution in [3.05, 3.63) is 82.5 Å². The van der Waals surface area contributed by atoms with Gasteiger partial charge in [-0.2, -0.15) is 0 Å². The lowest BCUT2D eigenvalue weighted by Gasteiger charge is -2.29. The lowest BCUT2D eigenvalue weighted by atomic mass is 9.93. The summed E-state index contributed by atoms with van der Waals surface area (Å²) < 4.78 is 7.02. The normalized spacial score (nSPS) is 11.4. The molecule has 0 unspecified atom stereocenters. The Balaban J connectivity index is 2.19. The molecule has 1 aromatic heterocycles. The molecule has 2 aromatic carbocycles. The molecule has 0 radical (unpaired) electrons. The Labute approximate surface area is 147 Å². The first-order chi connectivity index (χ1) is 11.9. The molecule has 25 heavy (non-hydrogen) atoms. The van der Waals surface area contributed by atoms with E-state index in [-0.39, 0.29) is 5.56 Å². The maximum absolute atomic E-state index is 13.3. The lowest BCUT2D eigenvalue weighted by Crippen LogP contribution is -2.38. The Morgan fingerprint density at radius 3 is 2.44 bits per heavy atom. The van der Waals surface area contributed by atoms with Crippen LogP contribution in [0.4, 0.5) is 0 Å². The van der Waals surface area contributed by atoms with E-state index in [2.05, 4.69) is 4.98 Å². The van der Waals surface area contributed by atoms with E-state index in [4.69, 9.17) is 4.74 Å². The molecule has 0 N–H and O–H groups in total. The van der Waals surface area contributed by atoms with Gasteiger partial charge in [-0.05, 0) is 44.0 Å². The Hall–Kier alpha value is -2.88. The average molecular weight is 334 g/mol. The number of rotatable bonds is 4. The lowest BCUT2D eigenvalue weighted by molar-refractivity contribution is 0.398. The van der Waals surface area contributed by atoms with Crippen molar-refractivity contribution in [2.45, 2.75) is 26.3 Å². The van der Waals surface area contributed by atoms with Crippen molar-refractivity contribution < 1.29 is 4.74 Å². The summed E-state index contributed by atoms with van der Waals surface area (Å²) in [5.41, 5.74) is 2.63. The van der Waals surface area contributed by atoms with Gasteiger partial charge < -0.3 is 4.74 Å². The summed E-state index contributed by atoms with van der Waals surface area (Å²) in [6, 6.07) is 17.4. The second-order valence-corrected chi connectivity index (χ2v) is 6.54. The fourth-order valence-corrected chi connectivity index (χ4v) is 3.01. The number of methoxy groups -OCH3 is 1.